The van der Waals surface area contributed by atoms with Crippen molar-refractivity contribution in [3.05, 3.63) is 78.0 Å². The van der Waals surface area contributed by atoms with Crippen molar-refractivity contribution < 1.29 is 9.90 Å². The number of amides is 1. The number of hydrogen-bond acceptors (Lipinski definition) is 3. The Morgan fingerprint density at radius 3 is 2.62 bits per heavy atom. The van der Waals surface area contributed by atoms with Crippen molar-refractivity contribution in [2.45, 2.75) is 43.7 Å². The van der Waals surface area contributed by atoms with Gasteiger partial charge in [0.15, 0.2) is 0 Å². The molecule has 1 N–H and O–H groups in total. The van der Waals surface area contributed by atoms with E-state index in [0.717, 1.165) is 42.1 Å². The van der Waals surface area contributed by atoms with Gasteiger partial charge in [-0.1, -0.05) is 61.4 Å². The van der Waals surface area contributed by atoms with Crippen molar-refractivity contribution in [3.63, 3.8) is 0 Å². The third kappa shape index (κ3) is 3.03. The van der Waals surface area contributed by atoms with Crippen molar-refractivity contribution >= 4 is 16.8 Å². The summed E-state index contributed by atoms with van der Waals surface area (Å²) >= 11 is 0. The van der Waals surface area contributed by atoms with Crippen LogP contribution in [0.1, 0.15) is 48.0 Å². The summed E-state index contributed by atoms with van der Waals surface area (Å²) in [4.78, 5) is 20.1. The van der Waals surface area contributed by atoms with Crippen LogP contribution in [0, 0.1) is 5.92 Å². The number of likely N-dealkylation sites (tertiary alicyclic amines) is 1. The average Bonchev–Trinajstić information content (AvgIpc) is 2.79. The highest BCUT2D eigenvalue weighted by atomic mass is 16.3. The SMILES string of the molecule is O=C(c1ccnc2ccccc12)N1CC[C@](O)(c2ccccc2)[C@H]2CCCC[C@H]21. The van der Waals surface area contributed by atoms with Gasteiger partial charge >= 0.3 is 0 Å². The summed E-state index contributed by atoms with van der Waals surface area (Å²) in [6, 6.07) is 19.7. The number of fused-ring (bicyclic) bond motifs is 2. The van der Waals surface area contributed by atoms with Crippen LogP contribution in [0.4, 0.5) is 0 Å². The van der Waals surface area contributed by atoms with Gasteiger partial charge < -0.3 is 10.0 Å². The van der Waals surface area contributed by atoms with E-state index in [9.17, 15) is 9.90 Å². The molecule has 29 heavy (non-hydrogen) atoms. The number of nitrogens with zero attached hydrogens (tertiary/aromatic N) is 2. The first kappa shape index (κ1) is 18.3. The number of para-hydroxylation sites is 1. The first-order chi connectivity index (χ1) is 14.2. The lowest BCUT2D eigenvalue weighted by molar-refractivity contribution is -0.110. The highest BCUT2D eigenvalue weighted by Gasteiger charge is 2.50. The van der Waals surface area contributed by atoms with Gasteiger partial charge in [0.2, 0.25) is 0 Å². The largest absolute Gasteiger partial charge is 0.385 e. The van der Waals surface area contributed by atoms with Crippen LogP contribution in [0.2, 0.25) is 0 Å². The van der Waals surface area contributed by atoms with Gasteiger partial charge in [-0.15, -0.1) is 0 Å². The minimum Gasteiger partial charge on any atom is -0.385 e. The maximum Gasteiger partial charge on any atom is 0.254 e. The smallest absolute Gasteiger partial charge is 0.254 e. The van der Waals surface area contributed by atoms with E-state index in [-0.39, 0.29) is 17.9 Å². The van der Waals surface area contributed by atoms with Gasteiger partial charge in [0.1, 0.15) is 0 Å². The summed E-state index contributed by atoms with van der Waals surface area (Å²) in [6.45, 7) is 0.571. The third-order valence-corrected chi connectivity index (χ3v) is 6.89. The zero-order valence-electron chi connectivity index (χ0n) is 16.5. The highest BCUT2D eigenvalue weighted by molar-refractivity contribution is 6.06. The fourth-order valence-corrected chi connectivity index (χ4v) is 5.46. The van der Waals surface area contributed by atoms with E-state index in [1.807, 2.05) is 65.6 Å². The Morgan fingerprint density at radius 1 is 1.00 bits per heavy atom. The number of carbonyl (C=O) groups is 1. The molecule has 1 saturated carbocycles. The predicted molar refractivity (Wildman–Crippen MR) is 113 cm³/mol. The Morgan fingerprint density at radius 2 is 1.76 bits per heavy atom. The van der Waals surface area contributed by atoms with E-state index in [0.29, 0.717) is 18.5 Å². The van der Waals surface area contributed by atoms with Crippen LogP contribution in [0.15, 0.2) is 66.9 Å². The maximum atomic E-state index is 13.6. The number of benzene rings is 2. The lowest BCUT2D eigenvalue weighted by Crippen LogP contribution is -2.59. The van der Waals surface area contributed by atoms with E-state index in [2.05, 4.69) is 4.98 Å². The average molecular weight is 386 g/mol. The van der Waals surface area contributed by atoms with Crippen LogP contribution >= 0.6 is 0 Å². The van der Waals surface area contributed by atoms with Crippen LogP contribution in [0.25, 0.3) is 10.9 Å². The summed E-state index contributed by atoms with van der Waals surface area (Å²) in [7, 11) is 0. The Labute approximate surface area is 171 Å². The van der Waals surface area contributed by atoms with Gasteiger partial charge in [-0.25, -0.2) is 0 Å². The maximum absolute atomic E-state index is 13.6. The molecule has 1 saturated heterocycles. The van der Waals surface area contributed by atoms with Crippen molar-refractivity contribution in [1.82, 2.24) is 9.88 Å². The Hall–Kier alpha value is -2.72. The van der Waals surface area contributed by atoms with Gasteiger partial charge in [0.05, 0.1) is 16.7 Å². The fourth-order valence-electron chi connectivity index (χ4n) is 5.46. The van der Waals surface area contributed by atoms with E-state index < -0.39 is 5.60 Å². The van der Waals surface area contributed by atoms with E-state index in [4.69, 9.17) is 0 Å². The molecule has 5 rings (SSSR count). The van der Waals surface area contributed by atoms with E-state index >= 15 is 0 Å². The number of pyridine rings is 1. The topological polar surface area (TPSA) is 53.4 Å². The molecule has 2 heterocycles. The zero-order chi connectivity index (χ0) is 19.8. The molecule has 4 nitrogen and oxygen atoms in total. The lowest BCUT2D eigenvalue weighted by Gasteiger charge is -2.52. The van der Waals surface area contributed by atoms with Crippen molar-refractivity contribution in [1.29, 1.82) is 0 Å². The molecule has 1 aliphatic carbocycles. The molecule has 2 aliphatic rings. The second-order valence-corrected chi connectivity index (χ2v) is 8.37. The van der Waals surface area contributed by atoms with Gasteiger partial charge in [-0.05, 0) is 37.0 Å². The van der Waals surface area contributed by atoms with Crippen LogP contribution in [0.5, 0.6) is 0 Å². The Bertz CT molecular complexity index is 1030. The standard InChI is InChI=1S/C25H26N2O2/c28-24(20-14-16-26-22-12-6-4-10-19(20)22)27-17-15-25(29,18-8-2-1-3-9-18)21-11-5-7-13-23(21)27/h1-4,6,8-10,12,14,16,21,23,29H,5,7,11,13,15,17H2/t21-,23+,25-/m0/s1. The van der Waals surface area contributed by atoms with Crippen LogP contribution < -0.4 is 0 Å². The van der Waals surface area contributed by atoms with Crippen molar-refractivity contribution in [2.24, 2.45) is 5.92 Å². The third-order valence-electron chi connectivity index (χ3n) is 6.89. The first-order valence-electron chi connectivity index (χ1n) is 10.6. The molecule has 2 aromatic carbocycles. The summed E-state index contributed by atoms with van der Waals surface area (Å²) < 4.78 is 0. The minimum absolute atomic E-state index is 0.0654. The zero-order valence-corrected chi connectivity index (χ0v) is 16.5. The molecule has 0 radical (unpaired) electrons. The number of rotatable bonds is 2. The molecule has 1 aliphatic heterocycles. The molecule has 1 amide bonds. The molecular formula is C25H26N2O2. The predicted octanol–water partition coefficient (Wildman–Crippen LogP) is 4.53. The van der Waals surface area contributed by atoms with Crippen molar-refractivity contribution in [2.75, 3.05) is 6.54 Å². The Balaban J connectivity index is 1.52. The minimum atomic E-state index is -0.858. The molecular weight excluding hydrogens is 360 g/mol. The summed E-state index contributed by atoms with van der Waals surface area (Å²) in [5, 5.41) is 12.6. The van der Waals surface area contributed by atoms with Gasteiger partial charge in [0.25, 0.3) is 5.91 Å². The molecule has 148 valence electrons. The molecule has 0 spiro atoms. The normalized spacial score (nSPS) is 26.9. The Kier molecular flexibility index (Phi) is 4.59. The molecule has 2 fully saturated rings. The molecule has 0 bridgehead atoms. The molecule has 4 heteroatoms. The molecule has 1 aromatic heterocycles. The van der Waals surface area contributed by atoms with Crippen molar-refractivity contribution in [3.8, 4) is 0 Å². The summed E-state index contributed by atoms with van der Waals surface area (Å²) in [5.74, 6) is 0.139. The van der Waals surface area contributed by atoms with Gasteiger partial charge in [0, 0.05) is 30.1 Å². The summed E-state index contributed by atoms with van der Waals surface area (Å²) in [6.07, 6.45) is 6.42. The lowest BCUT2D eigenvalue weighted by atomic mass is 9.66. The van der Waals surface area contributed by atoms with Crippen LogP contribution in [-0.4, -0.2) is 33.5 Å². The van der Waals surface area contributed by atoms with Crippen LogP contribution in [0.3, 0.4) is 0 Å². The van der Waals surface area contributed by atoms with Gasteiger partial charge in [-0.2, -0.15) is 0 Å². The van der Waals surface area contributed by atoms with E-state index in [1.54, 1.807) is 6.20 Å². The highest BCUT2D eigenvalue weighted by Crippen LogP contribution is 2.47. The number of carbonyl (C=O) groups excluding carboxylic acids is 1. The van der Waals surface area contributed by atoms with Gasteiger partial charge in [-0.3, -0.25) is 9.78 Å². The summed E-state index contributed by atoms with van der Waals surface area (Å²) in [5.41, 5.74) is 1.68. The quantitative estimate of drug-likeness (QED) is 0.704. The fraction of sp³-hybridized carbons (Fsp3) is 0.360. The second kappa shape index (κ2) is 7.27. The monoisotopic (exact) mass is 386 g/mol. The van der Waals surface area contributed by atoms with E-state index in [1.165, 1.54) is 0 Å². The first-order valence-corrected chi connectivity index (χ1v) is 10.6. The number of hydrogen-bond donors (Lipinski definition) is 1. The molecule has 3 atom stereocenters. The number of piperidine rings is 1. The second-order valence-electron chi connectivity index (χ2n) is 8.37. The number of aromatic nitrogens is 1. The molecule has 3 aromatic rings. The van der Waals surface area contributed by atoms with Crippen LogP contribution in [-0.2, 0) is 5.60 Å². The molecule has 0 unspecified atom stereocenters. The number of aliphatic hydroxyl groups is 1.